The van der Waals surface area contributed by atoms with Crippen LogP contribution in [0.15, 0.2) is 41.5 Å². The van der Waals surface area contributed by atoms with Gasteiger partial charge in [0.15, 0.2) is 16.6 Å². The molecule has 0 aromatic heterocycles. The van der Waals surface area contributed by atoms with Gasteiger partial charge in [0.2, 0.25) is 0 Å². The van der Waals surface area contributed by atoms with Gasteiger partial charge >= 0.3 is 0 Å². The van der Waals surface area contributed by atoms with Crippen molar-refractivity contribution in [3.8, 4) is 11.5 Å². The molecule has 0 amide bonds. The fraction of sp³-hybridized carbons (Fsp3) is 0.222. The zero-order chi connectivity index (χ0) is 17.5. The third-order valence-electron chi connectivity index (χ3n) is 3.33. The lowest BCUT2D eigenvalue weighted by atomic mass is 10.1. The van der Waals surface area contributed by atoms with Crippen LogP contribution in [0.25, 0.3) is 0 Å². The molecule has 0 radical (unpaired) electrons. The van der Waals surface area contributed by atoms with Crippen LogP contribution in [0.4, 0.5) is 5.69 Å². The SMILES string of the molecule is CCOc1cccc(C=NNC(=S)Nc2ccc(C)cc2C)c1O. The van der Waals surface area contributed by atoms with Gasteiger partial charge in [-0.3, -0.25) is 5.43 Å². The third kappa shape index (κ3) is 4.70. The summed E-state index contributed by atoms with van der Waals surface area (Å²) in [5.74, 6) is 0.482. The molecule has 2 aromatic rings. The number of para-hydroxylation sites is 1. The van der Waals surface area contributed by atoms with E-state index < -0.39 is 0 Å². The van der Waals surface area contributed by atoms with Crippen LogP contribution in [0, 0.1) is 13.8 Å². The lowest BCUT2D eigenvalue weighted by Gasteiger charge is -2.10. The van der Waals surface area contributed by atoms with Crippen molar-refractivity contribution in [1.29, 1.82) is 0 Å². The minimum atomic E-state index is 0.0538. The van der Waals surface area contributed by atoms with Gasteiger partial charge in [0.05, 0.1) is 12.8 Å². The molecule has 6 heteroatoms. The molecule has 0 bridgehead atoms. The van der Waals surface area contributed by atoms with Gasteiger partial charge in [-0.2, -0.15) is 5.10 Å². The van der Waals surface area contributed by atoms with E-state index in [1.54, 1.807) is 18.2 Å². The van der Waals surface area contributed by atoms with Crippen LogP contribution in [0.2, 0.25) is 0 Å². The minimum Gasteiger partial charge on any atom is -0.504 e. The van der Waals surface area contributed by atoms with E-state index in [2.05, 4.69) is 21.9 Å². The smallest absolute Gasteiger partial charge is 0.191 e. The molecule has 5 nitrogen and oxygen atoms in total. The van der Waals surface area contributed by atoms with Crippen LogP contribution in [-0.4, -0.2) is 23.0 Å². The first-order valence-corrected chi connectivity index (χ1v) is 8.04. The van der Waals surface area contributed by atoms with Gasteiger partial charge < -0.3 is 15.2 Å². The molecule has 3 N–H and O–H groups in total. The molecular weight excluding hydrogens is 322 g/mol. The predicted octanol–water partition coefficient (Wildman–Crippen LogP) is 3.73. The maximum absolute atomic E-state index is 10.1. The van der Waals surface area contributed by atoms with Crippen molar-refractivity contribution in [3.63, 3.8) is 0 Å². The number of thiocarbonyl (C=S) groups is 1. The van der Waals surface area contributed by atoms with Gasteiger partial charge in [-0.15, -0.1) is 0 Å². The lowest BCUT2D eigenvalue weighted by molar-refractivity contribution is 0.318. The van der Waals surface area contributed by atoms with Crippen molar-refractivity contribution in [1.82, 2.24) is 5.43 Å². The number of hydrazone groups is 1. The summed E-state index contributed by atoms with van der Waals surface area (Å²) >= 11 is 5.22. The Bertz CT molecular complexity index is 760. The molecule has 24 heavy (non-hydrogen) atoms. The number of rotatable bonds is 5. The second kappa shape index (κ2) is 8.31. The summed E-state index contributed by atoms with van der Waals surface area (Å²) in [6, 6.07) is 11.3. The summed E-state index contributed by atoms with van der Waals surface area (Å²) in [5.41, 5.74) is 6.50. The van der Waals surface area contributed by atoms with Crippen LogP contribution in [0.3, 0.4) is 0 Å². The fourth-order valence-corrected chi connectivity index (χ4v) is 2.34. The van der Waals surface area contributed by atoms with Crippen LogP contribution < -0.4 is 15.5 Å². The van der Waals surface area contributed by atoms with Crippen LogP contribution in [0.1, 0.15) is 23.6 Å². The Kier molecular flexibility index (Phi) is 6.14. The second-order valence-electron chi connectivity index (χ2n) is 5.27. The largest absolute Gasteiger partial charge is 0.504 e. The zero-order valence-electron chi connectivity index (χ0n) is 14.0. The fourth-order valence-electron chi connectivity index (χ4n) is 2.18. The first kappa shape index (κ1) is 17.7. The van der Waals surface area contributed by atoms with Crippen molar-refractivity contribution in [2.24, 2.45) is 5.10 Å². The maximum Gasteiger partial charge on any atom is 0.191 e. The second-order valence-corrected chi connectivity index (χ2v) is 5.68. The van der Waals surface area contributed by atoms with Gasteiger partial charge in [0.1, 0.15) is 0 Å². The molecule has 0 saturated heterocycles. The van der Waals surface area contributed by atoms with Gasteiger partial charge in [0, 0.05) is 11.3 Å². The maximum atomic E-state index is 10.1. The highest BCUT2D eigenvalue weighted by Gasteiger charge is 2.06. The average molecular weight is 343 g/mol. The van der Waals surface area contributed by atoms with Crippen molar-refractivity contribution >= 4 is 29.2 Å². The topological polar surface area (TPSA) is 65.9 Å². The molecule has 2 rings (SSSR count). The number of nitrogens with one attached hydrogen (secondary N) is 2. The van der Waals surface area contributed by atoms with Gasteiger partial charge in [0.25, 0.3) is 0 Å². The summed E-state index contributed by atoms with van der Waals surface area (Å²) in [4.78, 5) is 0. The number of anilines is 1. The number of aryl methyl sites for hydroxylation is 2. The number of hydrogen-bond donors (Lipinski definition) is 3. The van der Waals surface area contributed by atoms with Crippen molar-refractivity contribution in [2.45, 2.75) is 20.8 Å². The van der Waals surface area contributed by atoms with Crippen LogP contribution in [0.5, 0.6) is 11.5 Å². The van der Waals surface area contributed by atoms with E-state index in [0.29, 0.717) is 23.0 Å². The molecular formula is C18H21N3O2S. The van der Waals surface area contributed by atoms with E-state index in [1.165, 1.54) is 11.8 Å². The Balaban J connectivity index is 1.98. The van der Waals surface area contributed by atoms with Gasteiger partial charge in [-0.1, -0.05) is 23.8 Å². The summed E-state index contributed by atoms with van der Waals surface area (Å²) in [6.07, 6.45) is 1.49. The molecule has 0 fully saturated rings. The molecule has 0 aliphatic carbocycles. The summed E-state index contributed by atoms with van der Waals surface area (Å²) in [7, 11) is 0. The molecule has 0 atom stereocenters. The summed E-state index contributed by atoms with van der Waals surface area (Å²) in [6.45, 7) is 6.40. The van der Waals surface area contributed by atoms with Gasteiger partial charge in [-0.25, -0.2) is 0 Å². The molecule has 0 aliphatic rings. The van der Waals surface area contributed by atoms with E-state index in [0.717, 1.165) is 11.3 Å². The highest BCUT2D eigenvalue weighted by molar-refractivity contribution is 7.80. The number of phenols is 1. The Morgan fingerprint density at radius 1 is 1.29 bits per heavy atom. The number of aromatic hydroxyl groups is 1. The molecule has 0 spiro atoms. The molecule has 126 valence electrons. The minimum absolute atomic E-state index is 0.0538. The van der Waals surface area contributed by atoms with Crippen LogP contribution in [-0.2, 0) is 0 Å². The van der Waals surface area contributed by atoms with Crippen molar-refractivity contribution < 1.29 is 9.84 Å². The molecule has 0 aliphatic heterocycles. The molecule has 0 saturated carbocycles. The Morgan fingerprint density at radius 2 is 2.08 bits per heavy atom. The van der Waals surface area contributed by atoms with Crippen molar-refractivity contribution in [2.75, 3.05) is 11.9 Å². The highest BCUT2D eigenvalue weighted by atomic mass is 32.1. The quantitative estimate of drug-likeness (QED) is 0.439. The number of ether oxygens (including phenoxy) is 1. The van der Waals surface area contributed by atoms with E-state index in [-0.39, 0.29) is 5.75 Å². The van der Waals surface area contributed by atoms with E-state index >= 15 is 0 Å². The zero-order valence-corrected chi connectivity index (χ0v) is 14.8. The van der Waals surface area contributed by atoms with E-state index in [9.17, 15) is 5.11 Å². The predicted molar refractivity (Wildman–Crippen MR) is 102 cm³/mol. The summed E-state index contributed by atoms with van der Waals surface area (Å²) in [5, 5.41) is 17.6. The third-order valence-corrected chi connectivity index (χ3v) is 3.52. The van der Waals surface area contributed by atoms with Gasteiger partial charge in [-0.05, 0) is 56.8 Å². The Labute approximate surface area is 147 Å². The first-order chi connectivity index (χ1) is 11.5. The lowest BCUT2D eigenvalue weighted by Crippen LogP contribution is -2.24. The Morgan fingerprint density at radius 3 is 2.79 bits per heavy atom. The highest BCUT2D eigenvalue weighted by Crippen LogP contribution is 2.28. The molecule has 2 aromatic carbocycles. The number of benzene rings is 2. The standard InChI is InChI=1S/C18H21N3O2S/c1-4-23-16-7-5-6-14(17(16)22)11-19-21-18(24)20-15-9-8-12(2)10-13(15)3/h5-11,22H,4H2,1-3H3,(H2,20,21,24). The average Bonchev–Trinajstić information content (AvgIpc) is 2.54. The first-order valence-electron chi connectivity index (χ1n) is 7.63. The Hall–Kier alpha value is -2.60. The van der Waals surface area contributed by atoms with Crippen molar-refractivity contribution in [3.05, 3.63) is 53.1 Å². The van der Waals surface area contributed by atoms with E-state index in [1.807, 2.05) is 32.9 Å². The molecule has 0 unspecified atom stereocenters. The van der Waals surface area contributed by atoms with Crippen LogP contribution >= 0.6 is 12.2 Å². The normalized spacial score (nSPS) is 10.6. The van der Waals surface area contributed by atoms with E-state index in [4.69, 9.17) is 17.0 Å². The number of nitrogens with zero attached hydrogens (tertiary/aromatic N) is 1. The monoisotopic (exact) mass is 343 g/mol. The number of hydrogen-bond acceptors (Lipinski definition) is 4. The number of phenolic OH excluding ortho intramolecular Hbond substituents is 1. The molecule has 0 heterocycles. The summed E-state index contributed by atoms with van der Waals surface area (Å²) < 4.78 is 5.34.